The summed E-state index contributed by atoms with van der Waals surface area (Å²) in [5.74, 6) is -0.0809. The van der Waals surface area contributed by atoms with Crippen molar-refractivity contribution in [1.82, 2.24) is 4.90 Å². The van der Waals surface area contributed by atoms with Crippen LogP contribution in [0.2, 0.25) is 0 Å². The first kappa shape index (κ1) is 15.6. The van der Waals surface area contributed by atoms with Gasteiger partial charge in [-0.05, 0) is 43.2 Å². The number of nitrogens with one attached hydrogen (secondary N) is 1. The molecule has 1 N–H and O–H groups in total. The van der Waals surface area contributed by atoms with E-state index < -0.39 is 10.0 Å². The molecule has 0 atom stereocenters. The topological polar surface area (TPSA) is 66.5 Å². The molecule has 0 saturated carbocycles. The van der Waals surface area contributed by atoms with E-state index in [4.69, 9.17) is 0 Å². The quantitative estimate of drug-likeness (QED) is 0.940. The van der Waals surface area contributed by atoms with Gasteiger partial charge in [-0.2, -0.15) is 0 Å². The summed E-state index contributed by atoms with van der Waals surface area (Å²) in [7, 11) is -1.92. The number of benzene rings is 2. The molecule has 2 aromatic rings. The van der Waals surface area contributed by atoms with Crippen LogP contribution in [0.3, 0.4) is 0 Å². The van der Waals surface area contributed by atoms with Gasteiger partial charge in [0.05, 0.1) is 4.90 Å². The first-order valence-corrected chi connectivity index (χ1v) is 8.83. The van der Waals surface area contributed by atoms with E-state index in [0.717, 1.165) is 17.5 Å². The number of carbonyl (C=O) groups is 1. The van der Waals surface area contributed by atoms with Crippen LogP contribution in [-0.4, -0.2) is 32.8 Å². The van der Waals surface area contributed by atoms with Crippen molar-refractivity contribution in [2.45, 2.75) is 18.2 Å². The highest BCUT2D eigenvalue weighted by Gasteiger charge is 2.22. The van der Waals surface area contributed by atoms with E-state index in [1.165, 1.54) is 0 Å². The molecule has 120 valence electrons. The summed E-state index contributed by atoms with van der Waals surface area (Å²) in [6.07, 6.45) is 0.780. The second-order valence-electron chi connectivity index (χ2n) is 5.77. The predicted octanol–water partition coefficient (Wildman–Crippen LogP) is 2.42. The average Bonchev–Trinajstić information content (AvgIpc) is 2.51. The number of hydrogen-bond donors (Lipinski definition) is 1. The maximum absolute atomic E-state index is 12.4. The van der Waals surface area contributed by atoms with Gasteiger partial charge in [-0.3, -0.25) is 9.52 Å². The highest BCUT2D eigenvalue weighted by atomic mass is 32.2. The van der Waals surface area contributed by atoms with Crippen molar-refractivity contribution >= 4 is 21.6 Å². The van der Waals surface area contributed by atoms with Gasteiger partial charge in [0.1, 0.15) is 0 Å². The third-order valence-corrected chi connectivity index (χ3v) is 5.38. The molecule has 1 amide bonds. The summed E-state index contributed by atoms with van der Waals surface area (Å²) in [5.41, 5.74) is 2.90. The fourth-order valence-electron chi connectivity index (χ4n) is 2.58. The van der Waals surface area contributed by atoms with E-state index in [-0.39, 0.29) is 10.8 Å². The van der Waals surface area contributed by atoms with Gasteiger partial charge in [0, 0.05) is 24.8 Å². The monoisotopic (exact) mass is 330 g/mol. The van der Waals surface area contributed by atoms with E-state index in [2.05, 4.69) is 4.72 Å². The zero-order valence-electron chi connectivity index (χ0n) is 13.0. The normalized spacial score (nSPS) is 14.5. The summed E-state index contributed by atoms with van der Waals surface area (Å²) < 4.78 is 27.4. The van der Waals surface area contributed by atoms with Crippen LogP contribution in [0.25, 0.3) is 0 Å². The number of likely N-dealkylation sites (N-methyl/N-ethyl adjacent to an activating group) is 1. The van der Waals surface area contributed by atoms with Crippen molar-refractivity contribution in [2.24, 2.45) is 0 Å². The van der Waals surface area contributed by atoms with E-state index >= 15 is 0 Å². The standard InChI is InChI=1S/C17H18N2O3S/c1-12-3-7-15(8-4-12)23(21,22)18-14-6-5-13-9-10-19(2)17(20)16(13)11-14/h3-8,11,18H,9-10H2,1-2H3. The number of amides is 1. The SMILES string of the molecule is Cc1ccc(S(=O)(=O)Nc2ccc3c(c2)C(=O)N(C)CC3)cc1. The number of hydrogen-bond acceptors (Lipinski definition) is 3. The van der Waals surface area contributed by atoms with Gasteiger partial charge in [-0.1, -0.05) is 23.8 Å². The fraction of sp³-hybridized carbons (Fsp3) is 0.235. The zero-order chi connectivity index (χ0) is 16.6. The van der Waals surface area contributed by atoms with Crippen molar-refractivity contribution in [3.8, 4) is 0 Å². The number of carbonyl (C=O) groups excluding carboxylic acids is 1. The van der Waals surface area contributed by atoms with E-state index in [1.807, 2.05) is 13.0 Å². The van der Waals surface area contributed by atoms with Crippen molar-refractivity contribution in [3.05, 3.63) is 59.2 Å². The summed E-state index contributed by atoms with van der Waals surface area (Å²) in [6.45, 7) is 2.58. The minimum Gasteiger partial charge on any atom is -0.341 e. The van der Waals surface area contributed by atoms with Gasteiger partial charge in [-0.25, -0.2) is 8.42 Å². The summed E-state index contributed by atoms with van der Waals surface area (Å²) in [6, 6.07) is 11.7. The lowest BCUT2D eigenvalue weighted by atomic mass is 9.99. The number of nitrogens with zero attached hydrogens (tertiary/aromatic N) is 1. The van der Waals surface area contributed by atoms with Gasteiger partial charge in [-0.15, -0.1) is 0 Å². The number of anilines is 1. The summed E-state index contributed by atoms with van der Waals surface area (Å²) in [4.78, 5) is 14.0. The molecule has 3 rings (SSSR count). The molecule has 0 aliphatic carbocycles. The molecule has 0 radical (unpaired) electrons. The Labute approximate surface area is 136 Å². The van der Waals surface area contributed by atoms with Crippen molar-refractivity contribution in [3.63, 3.8) is 0 Å². The van der Waals surface area contributed by atoms with Gasteiger partial charge in [0.15, 0.2) is 0 Å². The first-order chi connectivity index (χ1) is 10.9. The largest absolute Gasteiger partial charge is 0.341 e. The summed E-state index contributed by atoms with van der Waals surface area (Å²) >= 11 is 0. The highest BCUT2D eigenvalue weighted by Crippen LogP contribution is 2.24. The van der Waals surface area contributed by atoms with Crippen LogP contribution in [0.15, 0.2) is 47.4 Å². The smallest absolute Gasteiger partial charge is 0.261 e. The minimum atomic E-state index is -3.66. The minimum absolute atomic E-state index is 0.0809. The third kappa shape index (κ3) is 3.07. The van der Waals surface area contributed by atoms with Gasteiger partial charge >= 0.3 is 0 Å². The molecule has 0 saturated heterocycles. The Morgan fingerprint density at radius 3 is 2.48 bits per heavy atom. The molecule has 0 fully saturated rings. The lowest BCUT2D eigenvalue weighted by molar-refractivity contribution is 0.0781. The van der Waals surface area contributed by atoms with Crippen LogP contribution in [0.4, 0.5) is 5.69 Å². The number of rotatable bonds is 3. The Bertz CT molecular complexity index is 858. The second-order valence-corrected chi connectivity index (χ2v) is 7.45. The molecule has 0 aromatic heterocycles. The molecule has 6 heteroatoms. The lowest BCUT2D eigenvalue weighted by Gasteiger charge is -2.25. The highest BCUT2D eigenvalue weighted by molar-refractivity contribution is 7.92. The average molecular weight is 330 g/mol. The first-order valence-electron chi connectivity index (χ1n) is 7.35. The molecule has 0 unspecified atom stereocenters. The Kier molecular flexibility index (Phi) is 3.85. The van der Waals surface area contributed by atoms with Crippen LogP contribution in [0, 0.1) is 6.92 Å². The molecule has 1 aliphatic rings. The summed E-state index contributed by atoms with van der Waals surface area (Å²) in [5, 5.41) is 0. The fourth-order valence-corrected chi connectivity index (χ4v) is 3.63. The molecular weight excluding hydrogens is 312 g/mol. The molecule has 23 heavy (non-hydrogen) atoms. The van der Waals surface area contributed by atoms with Crippen LogP contribution < -0.4 is 4.72 Å². The van der Waals surface area contributed by atoms with Crippen molar-refractivity contribution < 1.29 is 13.2 Å². The zero-order valence-corrected chi connectivity index (χ0v) is 13.9. The lowest BCUT2D eigenvalue weighted by Crippen LogP contribution is -2.34. The Morgan fingerprint density at radius 2 is 1.78 bits per heavy atom. The molecule has 5 nitrogen and oxygen atoms in total. The van der Waals surface area contributed by atoms with Gasteiger partial charge in [0.2, 0.25) is 0 Å². The molecule has 0 spiro atoms. The van der Waals surface area contributed by atoms with Crippen LogP contribution in [0.5, 0.6) is 0 Å². The van der Waals surface area contributed by atoms with Crippen LogP contribution in [0.1, 0.15) is 21.5 Å². The maximum Gasteiger partial charge on any atom is 0.261 e. The number of fused-ring (bicyclic) bond motifs is 1. The Morgan fingerprint density at radius 1 is 1.09 bits per heavy atom. The number of aryl methyl sites for hydroxylation is 1. The van der Waals surface area contributed by atoms with Crippen molar-refractivity contribution in [1.29, 1.82) is 0 Å². The van der Waals surface area contributed by atoms with Crippen molar-refractivity contribution in [2.75, 3.05) is 18.3 Å². The van der Waals surface area contributed by atoms with E-state index in [9.17, 15) is 13.2 Å². The molecule has 0 bridgehead atoms. The molecular formula is C17H18N2O3S. The molecule has 1 aliphatic heterocycles. The van der Waals surface area contributed by atoms with Crippen LogP contribution >= 0.6 is 0 Å². The Hall–Kier alpha value is -2.34. The third-order valence-electron chi connectivity index (χ3n) is 3.99. The van der Waals surface area contributed by atoms with Crippen LogP contribution in [-0.2, 0) is 16.4 Å². The predicted molar refractivity (Wildman–Crippen MR) is 89.1 cm³/mol. The van der Waals surface area contributed by atoms with Gasteiger partial charge in [0.25, 0.3) is 15.9 Å². The maximum atomic E-state index is 12.4. The van der Waals surface area contributed by atoms with E-state index in [1.54, 1.807) is 48.3 Å². The van der Waals surface area contributed by atoms with E-state index in [0.29, 0.717) is 17.8 Å². The van der Waals surface area contributed by atoms with Gasteiger partial charge < -0.3 is 4.90 Å². The second kappa shape index (κ2) is 5.70. The Balaban J connectivity index is 1.91. The molecule has 2 aromatic carbocycles. The number of sulfonamides is 1. The molecule has 1 heterocycles.